The van der Waals surface area contributed by atoms with Gasteiger partial charge in [-0.2, -0.15) is 0 Å². The van der Waals surface area contributed by atoms with Crippen molar-refractivity contribution in [2.75, 3.05) is 11.4 Å². The smallest absolute Gasteiger partial charge is 0.268 e. The molecule has 0 bridgehead atoms. The maximum Gasteiger partial charge on any atom is 0.268 e. The van der Waals surface area contributed by atoms with Crippen molar-refractivity contribution in [2.24, 2.45) is 0 Å². The van der Waals surface area contributed by atoms with Gasteiger partial charge in [0.15, 0.2) is 6.10 Å². The van der Waals surface area contributed by atoms with Crippen LogP contribution < -0.4 is 9.64 Å². The molecule has 3 rings (SSSR count). The van der Waals surface area contributed by atoms with Crippen molar-refractivity contribution in [3.8, 4) is 5.75 Å². The van der Waals surface area contributed by atoms with Gasteiger partial charge in [-0.1, -0.05) is 44.2 Å². The molecule has 0 unspecified atom stereocenters. The highest BCUT2D eigenvalue weighted by atomic mass is 16.5. The molecule has 0 spiro atoms. The maximum atomic E-state index is 13.0. The summed E-state index contributed by atoms with van der Waals surface area (Å²) in [5, 5.41) is 0. The van der Waals surface area contributed by atoms with Crippen molar-refractivity contribution in [3.63, 3.8) is 0 Å². The minimum absolute atomic E-state index is 0.0595. The molecular weight excluding hydrogens is 298 g/mol. The Hall–Kier alpha value is -2.29. The monoisotopic (exact) mass is 323 g/mol. The molecule has 1 atom stereocenters. The quantitative estimate of drug-likeness (QED) is 0.817. The van der Waals surface area contributed by atoms with Crippen LogP contribution in [0.3, 0.4) is 0 Å². The second-order valence-corrected chi connectivity index (χ2v) is 6.23. The lowest BCUT2D eigenvalue weighted by molar-refractivity contribution is -0.125. The van der Waals surface area contributed by atoms with Gasteiger partial charge in [0, 0.05) is 12.2 Å². The maximum absolute atomic E-state index is 13.0. The number of ether oxygens (including phenoxy) is 1. The zero-order valence-electron chi connectivity index (χ0n) is 14.5. The van der Waals surface area contributed by atoms with E-state index in [1.807, 2.05) is 42.2 Å². The Morgan fingerprint density at radius 1 is 1.12 bits per heavy atom. The molecule has 0 aromatic heterocycles. The summed E-state index contributed by atoms with van der Waals surface area (Å²) >= 11 is 0. The molecule has 0 radical (unpaired) electrons. The zero-order chi connectivity index (χ0) is 16.9. The minimum Gasteiger partial charge on any atom is -0.481 e. The predicted molar refractivity (Wildman–Crippen MR) is 97.6 cm³/mol. The third-order valence-corrected chi connectivity index (χ3v) is 4.63. The first-order chi connectivity index (χ1) is 11.7. The van der Waals surface area contributed by atoms with Crippen LogP contribution in [0.25, 0.3) is 0 Å². The van der Waals surface area contributed by atoms with Gasteiger partial charge in [-0.15, -0.1) is 0 Å². The van der Waals surface area contributed by atoms with Crippen LogP contribution >= 0.6 is 0 Å². The number of hydrogen-bond acceptors (Lipinski definition) is 2. The third kappa shape index (κ3) is 3.45. The van der Waals surface area contributed by atoms with Crippen LogP contribution in [-0.4, -0.2) is 18.6 Å². The molecular formula is C21H25NO2. The van der Waals surface area contributed by atoms with Crippen molar-refractivity contribution < 1.29 is 9.53 Å². The Balaban J connectivity index is 1.77. The molecule has 1 amide bonds. The molecule has 0 aliphatic carbocycles. The summed E-state index contributed by atoms with van der Waals surface area (Å²) in [7, 11) is 0. The van der Waals surface area contributed by atoms with Gasteiger partial charge in [-0.3, -0.25) is 4.79 Å². The third-order valence-electron chi connectivity index (χ3n) is 4.63. The van der Waals surface area contributed by atoms with Gasteiger partial charge in [0.05, 0.1) is 0 Å². The van der Waals surface area contributed by atoms with Crippen LogP contribution in [0.5, 0.6) is 5.75 Å². The number of rotatable bonds is 5. The summed E-state index contributed by atoms with van der Waals surface area (Å²) in [5.74, 6) is 0.821. The number of aryl methyl sites for hydroxylation is 2. The number of nitrogens with zero attached hydrogens (tertiary/aromatic N) is 1. The van der Waals surface area contributed by atoms with Gasteiger partial charge in [0.1, 0.15) is 5.75 Å². The summed E-state index contributed by atoms with van der Waals surface area (Å²) in [6.07, 6.45) is 3.26. The normalized spacial score (nSPS) is 14.8. The first kappa shape index (κ1) is 16.6. The predicted octanol–water partition coefficient (Wildman–Crippen LogP) is 4.39. The van der Waals surface area contributed by atoms with E-state index in [4.69, 9.17) is 4.74 Å². The average Bonchev–Trinajstić information content (AvgIpc) is 2.65. The minimum atomic E-state index is -0.441. The SMILES string of the molecule is CCc1ccc(O[C@@H](CC)C(=O)N2CCCc3ccccc32)cc1. The molecule has 24 heavy (non-hydrogen) atoms. The number of amides is 1. The molecule has 0 N–H and O–H groups in total. The molecule has 0 saturated heterocycles. The van der Waals surface area contributed by atoms with Crippen molar-refractivity contribution in [3.05, 3.63) is 59.7 Å². The van der Waals surface area contributed by atoms with Gasteiger partial charge < -0.3 is 9.64 Å². The summed E-state index contributed by atoms with van der Waals surface area (Å²) in [6.45, 7) is 4.89. The standard InChI is InChI=1S/C21H25NO2/c1-3-16-11-13-18(14-12-16)24-20(4-2)21(23)22-15-7-9-17-8-5-6-10-19(17)22/h5-6,8,10-14,20H,3-4,7,9,15H2,1-2H3/t20-/m0/s1. The fourth-order valence-electron chi connectivity index (χ4n) is 3.21. The van der Waals surface area contributed by atoms with Gasteiger partial charge >= 0.3 is 0 Å². The Morgan fingerprint density at radius 2 is 1.88 bits per heavy atom. The van der Waals surface area contributed by atoms with Gasteiger partial charge in [-0.05, 0) is 55.0 Å². The molecule has 2 aromatic carbocycles. The van der Waals surface area contributed by atoms with E-state index in [1.165, 1.54) is 11.1 Å². The first-order valence-electron chi connectivity index (χ1n) is 8.87. The highest BCUT2D eigenvalue weighted by Gasteiger charge is 2.28. The molecule has 0 fully saturated rings. The van der Waals surface area contributed by atoms with E-state index in [0.29, 0.717) is 6.42 Å². The van der Waals surface area contributed by atoms with E-state index in [-0.39, 0.29) is 5.91 Å². The molecule has 1 aliphatic rings. The summed E-state index contributed by atoms with van der Waals surface area (Å²) in [4.78, 5) is 14.9. The molecule has 3 heteroatoms. The molecule has 1 aliphatic heterocycles. The van der Waals surface area contributed by atoms with E-state index in [9.17, 15) is 4.79 Å². The Kier molecular flexibility index (Phi) is 5.19. The van der Waals surface area contributed by atoms with Gasteiger partial charge in [-0.25, -0.2) is 0 Å². The highest BCUT2D eigenvalue weighted by Crippen LogP contribution is 2.28. The van der Waals surface area contributed by atoms with Crippen LogP contribution in [0.4, 0.5) is 5.69 Å². The van der Waals surface area contributed by atoms with Crippen LogP contribution in [0, 0.1) is 0 Å². The number of carbonyl (C=O) groups is 1. The number of anilines is 1. The second kappa shape index (κ2) is 7.52. The topological polar surface area (TPSA) is 29.5 Å². The van der Waals surface area contributed by atoms with Crippen LogP contribution in [-0.2, 0) is 17.6 Å². The van der Waals surface area contributed by atoms with E-state index in [1.54, 1.807) is 0 Å². The largest absolute Gasteiger partial charge is 0.481 e. The van der Waals surface area contributed by atoms with Crippen molar-refractivity contribution in [2.45, 2.75) is 45.6 Å². The number of fused-ring (bicyclic) bond motifs is 1. The fourth-order valence-corrected chi connectivity index (χ4v) is 3.21. The molecule has 126 valence electrons. The lowest BCUT2D eigenvalue weighted by Crippen LogP contribution is -2.44. The van der Waals surface area contributed by atoms with E-state index < -0.39 is 6.10 Å². The lowest BCUT2D eigenvalue weighted by atomic mass is 10.0. The Labute approximate surface area is 144 Å². The second-order valence-electron chi connectivity index (χ2n) is 6.23. The highest BCUT2D eigenvalue weighted by molar-refractivity contribution is 5.97. The zero-order valence-corrected chi connectivity index (χ0v) is 14.5. The average molecular weight is 323 g/mol. The van der Waals surface area contributed by atoms with Crippen molar-refractivity contribution in [1.29, 1.82) is 0 Å². The van der Waals surface area contributed by atoms with Crippen LogP contribution in [0.1, 0.15) is 37.8 Å². The van der Waals surface area contributed by atoms with E-state index >= 15 is 0 Å². The van der Waals surface area contributed by atoms with E-state index in [0.717, 1.165) is 37.2 Å². The molecule has 1 heterocycles. The lowest BCUT2D eigenvalue weighted by Gasteiger charge is -2.32. The summed E-state index contributed by atoms with van der Waals surface area (Å²) in [6, 6.07) is 16.2. The number of hydrogen-bond donors (Lipinski definition) is 0. The summed E-state index contributed by atoms with van der Waals surface area (Å²) < 4.78 is 6.00. The number of para-hydroxylation sites is 1. The van der Waals surface area contributed by atoms with Gasteiger partial charge in [0.2, 0.25) is 0 Å². The Morgan fingerprint density at radius 3 is 2.58 bits per heavy atom. The Bertz CT molecular complexity index is 693. The number of benzene rings is 2. The molecule has 0 saturated carbocycles. The fraction of sp³-hybridized carbons (Fsp3) is 0.381. The van der Waals surface area contributed by atoms with Gasteiger partial charge in [0.25, 0.3) is 5.91 Å². The van der Waals surface area contributed by atoms with E-state index in [2.05, 4.69) is 25.1 Å². The van der Waals surface area contributed by atoms with Crippen molar-refractivity contribution >= 4 is 11.6 Å². The summed E-state index contributed by atoms with van der Waals surface area (Å²) in [5.41, 5.74) is 3.56. The van der Waals surface area contributed by atoms with Crippen molar-refractivity contribution in [1.82, 2.24) is 0 Å². The molecule has 2 aromatic rings. The molecule has 3 nitrogen and oxygen atoms in total. The van der Waals surface area contributed by atoms with Crippen LogP contribution in [0.15, 0.2) is 48.5 Å². The number of carbonyl (C=O) groups excluding carboxylic acids is 1. The first-order valence-corrected chi connectivity index (χ1v) is 8.87. The van der Waals surface area contributed by atoms with Crippen LogP contribution in [0.2, 0.25) is 0 Å².